The molecule has 0 radical (unpaired) electrons. The summed E-state index contributed by atoms with van der Waals surface area (Å²) in [7, 11) is 0. The normalized spacial score (nSPS) is 18.0. The van der Waals surface area contributed by atoms with Crippen LogP contribution in [-0.4, -0.2) is 54.8 Å². The summed E-state index contributed by atoms with van der Waals surface area (Å²) in [6, 6.07) is 15.1. The minimum Gasteiger partial charge on any atom is -0.378 e. The van der Waals surface area contributed by atoms with Gasteiger partial charge in [0.15, 0.2) is 0 Å². The number of para-hydroxylation sites is 2. The molecule has 2 aromatic rings. The van der Waals surface area contributed by atoms with Crippen LogP contribution >= 0.6 is 34.4 Å². The monoisotopic (exact) mass is 549 g/mol. The van der Waals surface area contributed by atoms with Crippen LogP contribution in [0.25, 0.3) is 6.08 Å². The smallest absolute Gasteiger partial charge is 0.294 e. The predicted molar refractivity (Wildman–Crippen MR) is 130 cm³/mol. The molecule has 0 aromatic heterocycles. The molecule has 2 aliphatic heterocycles. The van der Waals surface area contributed by atoms with Crippen LogP contribution < -0.4 is 10.2 Å². The lowest BCUT2D eigenvalue weighted by Gasteiger charge is -2.30. The lowest BCUT2D eigenvalue weighted by Crippen LogP contribution is -2.38. The van der Waals surface area contributed by atoms with Crippen LogP contribution in [0.4, 0.5) is 16.2 Å². The largest absolute Gasteiger partial charge is 0.378 e. The quantitative estimate of drug-likeness (QED) is 0.452. The Morgan fingerprint density at radius 2 is 1.81 bits per heavy atom. The number of rotatable bonds is 5. The molecule has 4 rings (SSSR count). The van der Waals surface area contributed by atoms with Crippen molar-refractivity contribution >= 4 is 68.9 Å². The number of anilines is 2. The third-order valence-corrected chi connectivity index (χ3v) is 6.50. The number of thioether (sulfide) groups is 1. The first kappa shape index (κ1) is 21.8. The number of nitrogens with one attached hydrogen (secondary N) is 1. The Morgan fingerprint density at radius 1 is 1.10 bits per heavy atom. The number of halogens is 1. The van der Waals surface area contributed by atoms with Gasteiger partial charge in [0.25, 0.3) is 11.1 Å². The highest BCUT2D eigenvalue weighted by Gasteiger charge is 2.36. The van der Waals surface area contributed by atoms with Crippen molar-refractivity contribution < 1.29 is 19.1 Å². The molecular weight excluding hydrogens is 529 g/mol. The van der Waals surface area contributed by atoms with Gasteiger partial charge in [0.05, 0.1) is 29.5 Å². The molecule has 1 N–H and O–H groups in total. The van der Waals surface area contributed by atoms with Gasteiger partial charge in [-0.2, -0.15) is 0 Å². The first-order valence-corrected chi connectivity index (χ1v) is 11.6. The maximum atomic E-state index is 12.7. The van der Waals surface area contributed by atoms with E-state index in [9.17, 15) is 14.4 Å². The van der Waals surface area contributed by atoms with E-state index in [-0.39, 0.29) is 6.54 Å². The second-order valence-electron chi connectivity index (χ2n) is 6.98. The van der Waals surface area contributed by atoms with Gasteiger partial charge in [-0.25, -0.2) is 0 Å². The number of imide groups is 1. The van der Waals surface area contributed by atoms with Gasteiger partial charge in [-0.05, 0) is 70.3 Å². The van der Waals surface area contributed by atoms with Crippen molar-refractivity contribution in [2.75, 3.05) is 43.1 Å². The molecule has 7 nitrogen and oxygen atoms in total. The second kappa shape index (κ2) is 9.84. The number of hydrogen-bond donors (Lipinski definition) is 1. The fourth-order valence-corrected chi connectivity index (χ4v) is 4.54. The lowest BCUT2D eigenvalue weighted by atomic mass is 10.2. The van der Waals surface area contributed by atoms with E-state index >= 15 is 0 Å². The van der Waals surface area contributed by atoms with Crippen molar-refractivity contribution in [1.29, 1.82) is 0 Å². The summed E-state index contributed by atoms with van der Waals surface area (Å²) in [5, 5.41) is 2.40. The van der Waals surface area contributed by atoms with Gasteiger partial charge in [0, 0.05) is 16.7 Å². The van der Waals surface area contributed by atoms with Crippen LogP contribution in [0.2, 0.25) is 0 Å². The number of hydrogen-bond acceptors (Lipinski definition) is 6. The zero-order valence-corrected chi connectivity index (χ0v) is 19.5. The van der Waals surface area contributed by atoms with E-state index < -0.39 is 17.1 Å². The van der Waals surface area contributed by atoms with Gasteiger partial charge in [-0.1, -0.05) is 24.3 Å². The first-order valence-electron chi connectivity index (χ1n) is 9.74. The Labute approximate surface area is 197 Å². The zero-order chi connectivity index (χ0) is 21.8. The molecule has 9 heteroatoms. The van der Waals surface area contributed by atoms with Crippen molar-refractivity contribution in [3.05, 3.63) is 62.6 Å². The summed E-state index contributed by atoms with van der Waals surface area (Å²) in [5.41, 5.74) is 2.37. The number of carbonyl (C=O) groups is 3. The number of amides is 3. The van der Waals surface area contributed by atoms with Crippen molar-refractivity contribution in [3.63, 3.8) is 0 Å². The molecule has 0 unspecified atom stereocenters. The summed E-state index contributed by atoms with van der Waals surface area (Å²) < 4.78 is 6.47. The SMILES string of the molecule is O=C(CN1C(=O)S/C(=C\c2ccc(I)cc2)C1=O)Nc1ccccc1N1CCOCC1. The number of morpholine rings is 1. The molecule has 0 aliphatic carbocycles. The Hall–Kier alpha value is -2.37. The van der Waals surface area contributed by atoms with Crippen molar-refractivity contribution in [2.45, 2.75) is 0 Å². The minimum absolute atomic E-state index is 0.313. The van der Waals surface area contributed by atoms with Crippen molar-refractivity contribution in [3.8, 4) is 0 Å². The van der Waals surface area contributed by atoms with Crippen LogP contribution in [0.15, 0.2) is 53.4 Å². The molecule has 2 saturated heterocycles. The van der Waals surface area contributed by atoms with Gasteiger partial charge < -0.3 is 15.0 Å². The molecule has 0 bridgehead atoms. The van der Waals surface area contributed by atoms with Gasteiger partial charge in [-0.15, -0.1) is 0 Å². The van der Waals surface area contributed by atoms with Crippen molar-refractivity contribution in [2.24, 2.45) is 0 Å². The number of nitrogens with zero attached hydrogens (tertiary/aromatic N) is 2. The van der Waals surface area contributed by atoms with E-state index in [0.29, 0.717) is 23.8 Å². The number of ether oxygens (including phenoxy) is 1. The first-order chi connectivity index (χ1) is 15.0. The third-order valence-electron chi connectivity index (χ3n) is 4.87. The average Bonchev–Trinajstić information content (AvgIpc) is 3.03. The molecule has 0 spiro atoms. The van der Waals surface area contributed by atoms with Crippen LogP contribution in [0, 0.1) is 3.57 Å². The Balaban J connectivity index is 1.44. The Bertz CT molecular complexity index is 1040. The van der Waals surface area contributed by atoms with Crippen LogP contribution in [0.5, 0.6) is 0 Å². The van der Waals surface area contributed by atoms with Crippen molar-refractivity contribution in [1.82, 2.24) is 4.90 Å². The summed E-state index contributed by atoms with van der Waals surface area (Å²) >= 11 is 3.05. The molecule has 2 aliphatic rings. The highest BCUT2D eigenvalue weighted by Crippen LogP contribution is 2.32. The number of carbonyl (C=O) groups excluding carboxylic acids is 3. The lowest BCUT2D eigenvalue weighted by molar-refractivity contribution is -0.127. The summed E-state index contributed by atoms with van der Waals surface area (Å²) in [4.78, 5) is 41.2. The highest BCUT2D eigenvalue weighted by molar-refractivity contribution is 14.1. The molecular formula is C22H20IN3O4S. The molecule has 3 amide bonds. The van der Waals surface area contributed by atoms with E-state index in [1.54, 1.807) is 6.08 Å². The zero-order valence-electron chi connectivity index (χ0n) is 16.5. The maximum absolute atomic E-state index is 12.7. The third kappa shape index (κ3) is 5.28. The van der Waals surface area contributed by atoms with E-state index in [1.165, 1.54) is 0 Å². The molecule has 31 heavy (non-hydrogen) atoms. The van der Waals surface area contributed by atoms with Gasteiger partial charge in [0.2, 0.25) is 5.91 Å². The molecule has 2 aromatic carbocycles. The average molecular weight is 549 g/mol. The van der Waals surface area contributed by atoms with E-state index in [0.717, 1.165) is 44.6 Å². The standard InChI is InChI=1S/C22H20IN3O4S/c23-16-7-5-15(6-8-16)13-19-21(28)26(22(29)31-19)14-20(27)24-17-3-1-2-4-18(17)25-9-11-30-12-10-25/h1-8,13H,9-12,14H2,(H,24,27)/b19-13-. The summed E-state index contributed by atoms with van der Waals surface area (Å²) in [6.45, 7) is 2.41. The molecule has 160 valence electrons. The van der Waals surface area contributed by atoms with Gasteiger partial charge in [-0.3, -0.25) is 19.3 Å². The molecule has 0 atom stereocenters. The second-order valence-corrected chi connectivity index (χ2v) is 9.22. The predicted octanol–water partition coefficient (Wildman–Crippen LogP) is 3.80. The summed E-state index contributed by atoms with van der Waals surface area (Å²) in [6.07, 6.45) is 1.67. The minimum atomic E-state index is -0.454. The fraction of sp³-hybridized carbons (Fsp3) is 0.227. The summed E-state index contributed by atoms with van der Waals surface area (Å²) in [5.74, 6) is -0.872. The maximum Gasteiger partial charge on any atom is 0.294 e. The van der Waals surface area contributed by atoms with Crippen LogP contribution in [0.1, 0.15) is 5.56 Å². The van der Waals surface area contributed by atoms with E-state index in [2.05, 4.69) is 32.8 Å². The molecule has 2 heterocycles. The van der Waals surface area contributed by atoms with Gasteiger partial charge in [0.1, 0.15) is 6.54 Å². The Morgan fingerprint density at radius 3 is 2.55 bits per heavy atom. The number of benzene rings is 2. The van der Waals surface area contributed by atoms with Crippen LogP contribution in [0.3, 0.4) is 0 Å². The van der Waals surface area contributed by atoms with Gasteiger partial charge >= 0.3 is 0 Å². The molecule has 0 saturated carbocycles. The highest BCUT2D eigenvalue weighted by atomic mass is 127. The Kier molecular flexibility index (Phi) is 6.93. The molecule has 2 fully saturated rings. The fourth-order valence-electron chi connectivity index (χ4n) is 3.34. The van der Waals surface area contributed by atoms with E-state index in [4.69, 9.17) is 4.74 Å². The topological polar surface area (TPSA) is 79.0 Å². The van der Waals surface area contributed by atoms with Crippen LogP contribution in [-0.2, 0) is 14.3 Å². The van der Waals surface area contributed by atoms with E-state index in [1.807, 2.05) is 48.5 Å².